The largest absolute Gasteiger partial charge is 0.394 e. The molecule has 0 saturated carbocycles. The molecule has 17 atom stereocenters. The smallest absolute Gasteiger partial charge is 0.220 e. The molecule has 19 nitrogen and oxygen atoms in total. The standard InChI is InChI=1S/C67H117NO18/c1-3-5-7-9-10-11-12-13-14-15-16-17-18-19-20-21-22-23-24-25-26-27-28-29-30-31-32-33-34-35-36-37-38-39-40-41-43-45-55(73)68-50(51(72)44-42-8-6-4-2)49-81-65-61(79)58(76)63(53(47-70)83-65)86-67-62(80)59(77)64(54(48-71)84-67)85-66-60(78)57(75)56(74)52(46-69)82-66/h5,7,10-11,13-14,16-17,19-20,22-23,50-54,56-67,69-72,74-80H,3-4,6,8-9,12,15,18,21,24-49H2,1-2H3,(H,68,73)/b7-5-,11-10-,14-13-,17-16-,20-19-,23-22-. The van der Waals surface area contributed by atoms with Crippen molar-refractivity contribution in [1.29, 1.82) is 0 Å². The number of amides is 1. The first kappa shape index (κ1) is 77.5. The van der Waals surface area contributed by atoms with Gasteiger partial charge in [0.05, 0.1) is 38.6 Å². The van der Waals surface area contributed by atoms with Crippen molar-refractivity contribution in [1.82, 2.24) is 5.32 Å². The highest BCUT2D eigenvalue weighted by molar-refractivity contribution is 5.76. The zero-order chi connectivity index (χ0) is 62.6. The minimum absolute atomic E-state index is 0.253. The van der Waals surface area contributed by atoms with Crippen molar-refractivity contribution < 1.29 is 89.4 Å². The summed E-state index contributed by atoms with van der Waals surface area (Å²) in [5, 5.41) is 120. The van der Waals surface area contributed by atoms with Crippen LogP contribution in [0.4, 0.5) is 0 Å². The first-order chi connectivity index (χ1) is 41.8. The van der Waals surface area contributed by atoms with E-state index in [1.54, 1.807) is 0 Å². The van der Waals surface area contributed by atoms with E-state index in [4.69, 9.17) is 28.4 Å². The summed E-state index contributed by atoms with van der Waals surface area (Å²) in [7, 11) is 0. The molecule has 0 bridgehead atoms. The van der Waals surface area contributed by atoms with Crippen molar-refractivity contribution in [2.75, 3.05) is 26.4 Å². The first-order valence-electron chi connectivity index (χ1n) is 33.2. The summed E-state index contributed by atoms with van der Waals surface area (Å²) < 4.78 is 34.1. The Kier molecular flexibility index (Phi) is 44.1. The molecule has 86 heavy (non-hydrogen) atoms. The van der Waals surface area contributed by atoms with Crippen LogP contribution in [0.25, 0.3) is 0 Å². The monoisotopic (exact) mass is 1220 g/mol. The number of aliphatic hydroxyl groups is 11. The number of aliphatic hydroxyl groups excluding tert-OH is 11. The van der Waals surface area contributed by atoms with Gasteiger partial charge >= 0.3 is 0 Å². The van der Waals surface area contributed by atoms with Crippen LogP contribution in [0.1, 0.15) is 213 Å². The van der Waals surface area contributed by atoms with Gasteiger partial charge in [0.25, 0.3) is 0 Å². The molecule has 3 fully saturated rings. The van der Waals surface area contributed by atoms with E-state index in [-0.39, 0.29) is 18.9 Å². The third-order valence-corrected chi connectivity index (χ3v) is 16.3. The third-order valence-electron chi connectivity index (χ3n) is 16.3. The summed E-state index contributed by atoms with van der Waals surface area (Å²) in [5.74, 6) is -0.253. The highest BCUT2D eigenvalue weighted by Crippen LogP contribution is 2.33. The molecular formula is C67H117NO18. The third kappa shape index (κ3) is 31.3. The van der Waals surface area contributed by atoms with Crippen LogP contribution in [0, 0.1) is 0 Å². The van der Waals surface area contributed by atoms with E-state index in [9.17, 15) is 61.0 Å². The summed E-state index contributed by atoms with van der Waals surface area (Å²) in [5.41, 5.74) is 0. The Labute approximate surface area is 515 Å². The predicted octanol–water partition coefficient (Wildman–Crippen LogP) is 7.77. The summed E-state index contributed by atoms with van der Waals surface area (Å²) in [6, 6.07) is -0.884. The lowest BCUT2D eigenvalue weighted by molar-refractivity contribution is -0.379. The number of hydrogen-bond donors (Lipinski definition) is 12. The van der Waals surface area contributed by atoms with Crippen LogP contribution < -0.4 is 5.32 Å². The Bertz CT molecular complexity index is 1850. The molecule has 498 valence electrons. The molecule has 3 aliphatic rings. The Morgan fingerprint density at radius 2 is 0.802 bits per heavy atom. The molecule has 0 aliphatic carbocycles. The summed E-state index contributed by atoms with van der Waals surface area (Å²) in [6.07, 6.45) is 34.0. The lowest BCUT2D eigenvalue weighted by atomic mass is 9.96. The fourth-order valence-corrected chi connectivity index (χ4v) is 10.9. The fourth-order valence-electron chi connectivity index (χ4n) is 10.9. The maximum atomic E-state index is 13.2. The number of carbonyl (C=O) groups is 1. The maximum Gasteiger partial charge on any atom is 0.220 e. The summed E-state index contributed by atoms with van der Waals surface area (Å²) in [4.78, 5) is 13.2. The van der Waals surface area contributed by atoms with Gasteiger partial charge in [0.15, 0.2) is 18.9 Å². The first-order valence-corrected chi connectivity index (χ1v) is 33.2. The Morgan fingerprint density at radius 1 is 0.430 bits per heavy atom. The molecule has 19 heteroatoms. The molecule has 3 rings (SSSR count). The van der Waals surface area contributed by atoms with Crippen LogP contribution >= 0.6 is 0 Å². The number of hydrogen-bond acceptors (Lipinski definition) is 18. The van der Waals surface area contributed by atoms with Crippen molar-refractivity contribution >= 4 is 5.91 Å². The zero-order valence-electron chi connectivity index (χ0n) is 52.3. The second-order valence-corrected chi connectivity index (χ2v) is 23.6. The number of rotatable bonds is 49. The lowest BCUT2D eigenvalue weighted by Crippen LogP contribution is -2.66. The molecular weight excluding hydrogens is 1110 g/mol. The topological polar surface area (TPSA) is 307 Å². The molecule has 12 N–H and O–H groups in total. The van der Waals surface area contributed by atoms with Gasteiger partial charge in [-0.2, -0.15) is 0 Å². The highest BCUT2D eigenvalue weighted by Gasteiger charge is 2.53. The number of ether oxygens (including phenoxy) is 6. The minimum Gasteiger partial charge on any atom is -0.394 e. The Morgan fingerprint density at radius 3 is 1.24 bits per heavy atom. The van der Waals surface area contributed by atoms with Crippen molar-refractivity contribution in [3.05, 3.63) is 72.9 Å². The lowest BCUT2D eigenvalue weighted by Gasteiger charge is -2.48. The van der Waals surface area contributed by atoms with Gasteiger partial charge in [-0.05, 0) is 64.2 Å². The van der Waals surface area contributed by atoms with Gasteiger partial charge in [0.2, 0.25) is 5.91 Å². The van der Waals surface area contributed by atoms with Crippen LogP contribution in [0.5, 0.6) is 0 Å². The normalized spacial score (nSPS) is 29.2. The average Bonchev–Trinajstić information content (AvgIpc) is 1.41. The van der Waals surface area contributed by atoms with Crippen molar-refractivity contribution in [3.8, 4) is 0 Å². The van der Waals surface area contributed by atoms with Gasteiger partial charge < -0.3 is 89.9 Å². The summed E-state index contributed by atoms with van der Waals surface area (Å²) >= 11 is 0. The maximum absolute atomic E-state index is 13.2. The molecule has 3 aliphatic heterocycles. The quantitative estimate of drug-likeness (QED) is 0.0204. The van der Waals surface area contributed by atoms with E-state index < -0.39 is 124 Å². The van der Waals surface area contributed by atoms with Crippen LogP contribution in [0.3, 0.4) is 0 Å². The molecule has 0 aromatic heterocycles. The molecule has 0 radical (unpaired) electrons. The van der Waals surface area contributed by atoms with Gasteiger partial charge in [0.1, 0.15) is 73.2 Å². The van der Waals surface area contributed by atoms with Gasteiger partial charge in [-0.15, -0.1) is 0 Å². The SMILES string of the molecule is CC/C=C\C/C=C\C/C=C\C/C=C\C/C=C\C/C=C\CCCCCCCCCCCCCCCCCCCCC(=O)NC(COC1OC(CO)C(OC2OC(CO)C(OC3OC(CO)C(O)C(O)C3O)C(O)C2O)C(O)C1O)C(O)CCCCCC. The van der Waals surface area contributed by atoms with E-state index in [2.05, 4.69) is 92.1 Å². The Balaban J connectivity index is 1.24. The van der Waals surface area contributed by atoms with E-state index in [1.807, 2.05) is 0 Å². The van der Waals surface area contributed by atoms with Gasteiger partial charge in [-0.25, -0.2) is 0 Å². The van der Waals surface area contributed by atoms with Crippen molar-refractivity contribution in [2.45, 2.75) is 317 Å². The zero-order valence-corrected chi connectivity index (χ0v) is 52.3. The van der Waals surface area contributed by atoms with Crippen LogP contribution in [0.15, 0.2) is 72.9 Å². The van der Waals surface area contributed by atoms with Crippen molar-refractivity contribution in [3.63, 3.8) is 0 Å². The van der Waals surface area contributed by atoms with Crippen molar-refractivity contribution in [2.24, 2.45) is 0 Å². The van der Waals surface area contributed by atoms with E-state index in [0.717, 1.165) is 77.0 Å². The molecule has 3 heterocycles. The van der Waals surface area contributed by atoms with E-state index >= 15 is 0 Å². The number of nitrogens with one attached hydrogen (secondary N) is 1. The van der Waals surface area contributed by atoms with Crippen LogP contribution in [-0.4, -0.2) is 193 Å². The van der Waals surface area contributed by atoms with E-state index in [0.29, 0.717) is 19.3 Å². The molecule has 17 unspecified atom stereocenters. The van der Waals surface area contributed by atoms with Crippen LogP contribution in [0.2, 0.25) is 0 Å². The van der Waals surface area contributed by atoms with Gasteiger partial charge in [-0.3, -0.25) is 4.79 Å². The number of unbranched alkanes of at least 4 members (excludes halogenated alkanes) is 21. The molecule has 0 aromatic rings. The second-order valence-electron chi connectivity index (χ2n) is 23.6. The summed E-state index contributed by atoms with van der Waals surface area (Å²) in [6.45, 7) is 1.52. The minimum atomic E-state index is -1.97. The molecule has 3 saturated heterocycles. The molecule has 0 spiro atoms. The second kappa shape index (κ2) is 49.0. The molecule has 1 amide bonds. The number of carbonyl (C=O) groups excluding carboxylic acids is 1. The van der Waals surface area contributed by atoms with Gasteiger partial charge in [-0.1, -0.05) is 215 Å². The average molecular weight is 1220 g/mol. The van der Waals surface area contributed by atoms with E-state index in [1.165, 1.54) is 96.3 Å². The van der Waals surface area contributed by atoms with Gasteiger partial charge in [0, 0.05) is 6.42 Å². The highest BCUT2D eigenvalue weighted by atomic mass is 16.8. The molecule has 0 aromatic carbocycles. The fraction of sp³-hybridized carbons (Fsp3) is 0.806. The number of allylic oxidation sites excluding steroid dienone is 12. The Hall–Kier alpha value is -2.77. The predicted molar refractivity (Wildman–Crippen MR) is 332 cm³/mol. The van der Waals surface area contributed by atoms with Crippen LogP contribution in [-0.2, 0) is 33.2 Å².